The Kier molecular flexibility index (Phi) is 4.33. The van der Waals surface area contributed by atoms with E-state index in [2.05, 4.69) is 10.3 Å². The molecule has 24 heavy (non-hydrogen) atoms. The fourth-order valence-corrected chi connectivity index (χ4v) is 2.49. The summed E-state index contributed by atoms with van der Waals surface area (Å²) in [5.41, 5.74) is 3.04. The van der Waals surface area contributed by atoms with E-state index in [9.17, 15) is 4.79 Å². The molecule has 0 unspecified atom stereocenters. The maximum absolute atomic E-state index is 12.2. The van der Waals surface area contributed by atoms with Crippen molar-refractivity contribution < 1.29 is 14.3 Å². The molecule has 0 saturated heterocycles. The van der Waals surface area contributed by atoms with E-state index in [0.29, 0.717) is 23.0 Å². The molecule has 1 aliphatic rings. The predicted molar refractivity (Wildman–Crippen MR) is 93.4 cm³/mol. The fraction of sp³-hybridized carbons (Fsp3) is 0.158. The summed E-state index contributed by atoms with van der Waals surface area (Å²) in [6.45, 7) is 1.99. The molecular formula is C19H18N2O3. The molecule has 5 heteroatoms. The molecule has 1 amide bonds. The van der Waals surface area contributed by atoms with Crippen LogP contribution in [0.3, 0.4) is 0 Å². The number of nitrogens with one attached hydrogen (secondary N) is 1. The number of carbonyl (C=O) groups excluding carboxylic acids is 1. The second kappa shape index (κ2) is 6.58. The topological polar surface area (TPSA) is 59.9 Å². The van der Waals surface area contributed by atoms with Gasteiger partial charge in [0.25, 0.3) is 5.91 Å². The van der Waals surface area contributed by atoms with Gasteiger partial charge in [0, 0.05) is 11.1 Å². The van der Waals surface area contributed by atoms with Crippen LogP contribution in [-0.4, -0.2) is 26.0 Å². The van der Waals surface area contributed by atoms with Crippen LogP contribution in [0.15, 0.2) is 53.2 Å². The minimum Gasteiger partial charge on any atom is -0.497 e. The molecule has 1 N–H and O–H groups in total. The van der Waals surface area contributed by atoms with Crippen molar-refractivity contribution >= 4 is 17.8 Å². The van der Waals surface area contributed by atoms with Gasteiger partial charge in [-0.1, -0.05) is 23.8 Å². The number of amidine groups is 1. The standard InChI is InChI=1S/C19H18N2O3/c1-12-7-8-17(24-3)14(9-12)11-16-19(22)21-18(20-16)13-5-4-6-15(10-13)23-2/h4-11H,1-3H3,(H,20,21,22)/b16-11+. The van der Waals surface area contributed by atoms with Crippen LogP contribution in [0.25, 0.3) is 6.08 Å². The molecule has 3 rings (SSSR count). The summed E-state index contributed by atoms with van der Waals surface area (Å²) >= 11 is 0. The number of hydrogen-bond donors (Lipinski definition) is 1. The van der Waals surface area contributed by atoms with Crippen LogP contribution in [-0.2, 0) is 4.79 Å². The minimum atomic E-state index is -0.239. The van der Waals surface area contributed by atoms with E-state index in [1.165, 1.54) is 0 Å². The lowest BCUT2D eigenvalue weighted by molar-refractivity contribution is -0.115. The first-order valence-corrected chi connectivity index (χ1v) is 7.51. The number of aryl methyl sites for hydroxylation is 1. The quantitative estimate of drug-likeness (QED) is 0.881. The lowest BCUT2D eigenvalue weighted by Crippen LogP contribution is -2.24. The Balaban J connectivity index is 1.98. The van der Waals surface area contributed by atoms with Gasteiger partial charge < -0.3 is 14.8 Å². The molecule has 2 aromatic rings. The summed E-state index contributed by atoms with van der Waals surface area (Å²) in [4.78, 5) is 16.7. The second-order valence-electron chi connectivity index (χ2n) is 5.42. The first-order chi connectivity index (χ1) is 11.6. The molecule has 0 aromatic heterocycles. The van der Waals surface area contributed by atoms with Gasteiger partial charge in [-0.05, 0) is 37.3 Å². The maximum atomic E-state index is 12.2. The van der Waals surface area contributed by atoms with Crippen molar-refractivity contribution in [2.24, 2.45) is 4.99 Å². The average Bonchev–Trinajstić information content (AvgIpc) is 2.96. The summed E-state index contributed by atoms with van der Waals surface area (Å²) in [6, 6.07) is 13.2. The summed E-state index contributed by atoms with van der Waals surface area (Å²) in [5.74, 6) is 1.68. The van der Waals surface area contributed by atoms with Gasteiger partial charge in [0.15, 0.2) is 0 Å². The molecule has 2 aromatic carbocycles. The van der Waals surface area contributed by atoms with Gasteiger partial charge in [-0.2, -0.15) is 0 Å². The first-order valence-electron chi connectivity index (χ1n) is 7.51. The number of rotatable bonds is 4. The number of hydrogen-bond acceptors (Lipinski definition) is 4. The summed E-state index contributed by atoms with van der Waals surface area (Å²) in [7, 11) is 3.20. The monoisotopic (exact) mass is 322 g/mol. The Morgan fingerprint density at radius 2 is 1.92 bits per heavy atom. The number of nitrogens with zero attached hydrogens (tertiary/aromatic N) is 1. The zero-order valence-corrected chi connectivity index (χ0v) is 13.8. The molecule has 0 fully saturated rings. The summed E-state index contributed by atoms with van der Waals surface area (Å²) in [6.07, 6.45) is 1.73. The lowest BCUT2D eigenvalue weighted by Gasteiger charge is -2.05. The van der Waals surface area contributed by atoms with Crippen LogP contribution in [0.4, 0.5) is 0 Å². The smallest absolute Gasteiger partial charge is 0.275 e. The summed E-state index contributed by atoms with van der Waals surface area (Å²) < 4.78 is 10.6. The number of aliphatic imine (C=N–C) groups is 1. The molecule has 0 aliphatic carbocycles. The Morgan fingerprint density at radius 3 is 2.67 bits per heavy atom. The molecule has 0 saturated carbocycles. The minimum absolute atomic E-state index is 0.239. The molecular weight excluding hydrogens is 304 g/mol. The van der Waals surface area contributed by atoms with Gasteiger partial charge in [0.05, 0.1) is 14.2 Å². The van der Waals surface area contributed by atoms with E-state index in [4.69, 9.17) is 9.47 Å². The average molecular weight is 322 g/mol. The van der Waals surface area contributed by atoms with Gasteiger partial charge in [0.1, 0.15) is 23.0 Å². The van der Waals surface area contributed by atoms with Crippen LogP contribution in [0.1, 0.15) is 16.7 Å². The summed E-state index contributed by atoms with van der Waals surface area (Å²) in [5, 5.41) is 2.79. The zero-order chi connectivity index (χ0) is 17.1. The number of amides is 1. The van der Waals surface area contributed by atoms with Crippen molar-refractivity contribution in [1.82, 2.24) is 5.32 Å². The van der Waals surface area contributed by atoms with Crippen LogP contribution in [0, 0.1) is 6.92 Å². The SMILES string of the molecule is COc1cccc(C2=N/C(=C/c3cc(C)ccc3OC)C(=O)N2)c1. The molecule has 1 aliphatic heterocycles. The number of benzene rings is 2. The van der Waals surface area contributed by atoms with Crippen molar-refractivity contribution in [2.45, 2.75) is 6.92 Å². The van der Waals surface area contributed by atoms with Crippen LogP contribution >= 0.6 is 0 Å². The number of carbonyl (C=O) groups is 1. The van der Waals surface area contributed by atoms with Gasteiger partial charge in [-0.3, -0.25) is 4.79 Å². The van der Waals surface area contributed by atoms with Crippen LogP contribution in [0.5, 0.6) is 11.5 Å². The van der Waals surface area contributed by atoms with Gasteiger partial charge in [0.2, 0.25) is 0 Å². The maximum Gasteiger partial charge on any atom is 0.275 e. The van der Waals surface area contributed by atoms with Crippen molar-refractivity contribution in [1.29, 1.82) is 0 Å². The highest BCUT2D eigenvalue weighted by molar-refractivity contribution is 6.19. The third kappa shape index (κ3) is 3.15. The van der Waals surface area contributed by atoms with Crippen molar-refractivity contribution in [3.8, 4) is 11.5 Å². The third-order valence-electron chi connectivity index (χ3n) is 3.72. The molecule has 0 atom stereocenters. The number of methoxy groups -OCH3 is 2. The predicted octanol–water partition coefficient (Wildman–Crippen LogP) is 2.93. The normalized spacial score (nSPS) is 15.2. The zero-order valence-electron chi connectivity index (χ0n) is 13.8. The highest BCUT2D eigenvalue weighted by Crippen LogP contribution is 2.24. The molecule has 0 spiro atoms. The van der Waals surface area contributed by atoms with Crippen LogP contribution < -0.4 is 14.8 Å². The molecule has 122 valence electrons. The van der Waals surface area contributed by atoms with E-state index in [1.54, 1.807) is 20.3 Å². The number of ether oxygens (including phenoxy) is 2. The Bertz CT molecular complexity index is 853. The van der Waals surface area contributed by atoms with Crippen molar-refractivity contribution in [2.75, 3.05) is 14.2 Å². The Hall–Kier alpha value is -3.08. The second-order valence-corrected chi connectivity index (χ2v) is 5.42. The highest BCUT2D eigenvalue weighted by Gasteiger charge is 2.21. The molecule has 0 radical (unpaired) electrons. The lowest BCUT2D eigenvalue weighted by atomic mass is 10.1. The van der Waals surface area contributed by atoms with Crippen LogP contribution in [0.2, 0.25) is 0 Å². The van der Waals surface area contributed by atoms with E-state index in [1.807, 2.05) is 49.4 Å². The van der Waals surface area contributed by atoms with Gasteiger partial charge in [-0.15, -0.1) is 0 Å². The molecule has 5 nitrogen and oxygen atoms in total. The van der Waals surface area contributed by atoms with E-state index in [-0.39, 0.29) is 5.91 Å². The molecule has 1 heterocycles. The van der Waals surface area contributed by atoms with Crippen molar-refractivity contribution in [3.05, 3.63) is 64.9 Å². The third-order valence-corrected chi connectivity index (χ3v) is 3.72. The largest absolute Gasteiger partial charge is 0.497 e. The Labute approximate surface area is 140 Å². The van der Waals surface area contributed by atoms with E-state index in [0.717, 1.165) is 16.7 Å². The van der Waals surface area contributed by atoms with Gasteiger partial charge in [-0.25, -0.2) is 4.99 Å². The van der Waals surface area contributed by atoms with Crippen molar-refractivity contribution in [3.63, 3.8) is 0 Å². The van der Waals surface area contributed by atoms with E-state index >= 15 is 0 Å². The van der Waals surface area contributed by atoms with E-state index < -0.39 is 0 Å². The first kappa shape index (κ1) is 15.8. The molecule has 0 bridgehead atoms. The van der Waals surface area contributed by atoms with Gasteiger partial charge >= 0.3 is 0 Å². The fourth-order valence-electron chi connectivity index (χ4n) is 2.49. The Morgan fingerprint density at radius 1 is 1.08 bits per heavy atom. The highest BCUT2D eigenvalue weighted by atomic mass is 16.5.